The molecule has 0 bridgehead atoms. The summed E-state index contributed by atoms with van der Waals surface area (Å²) in [6.07, 6.45) is -1.51. The molecule has 5 nitrogen and oxygen atoms in total. The molecule has 1 aromatic rings. The Kier molecular flexibility index (Phi) is 3.39. The molecule has 0 spiro atoms. The van der Waals surface area contributed by atoms with Gasteiger partial charge in [-0.25, -0.2) is 10.3 Å². The van der Waals surface area contributed by atoms with Crippen molar-refractivity contribution in [3.05, 3.63) is 35.9 Å². The molecule has 5 heteroatoms. The number of aliphatic hydroxyl groups is 1. The van der Waals surface area contributed by atoms with Crippen LogP contribution < -0.4 is 11.2 Å². The molecular formula is C8H10N2O3. The van der Waals surface area contributed by atoms with E-state index < -0.39 is 12.3 Å². The minimum absolute atomic E-state index is 0.433. The van der Waals surface area contributed by atoms with Crippen molar-refractivity contribution in [3.63, 3.8) is 0 Å². The predicted octanol–water partition coefficient (Wildman–Crippen LogP) is -0.417. The fourth-order valence-electron chi connectivity index (χ4n) is 0.762. The van der Waals surface area contributed by atoms with Crippen molar-refractivity contribution in [1.29, 1.82) is 0 Å². The molecule has 0 fully saturated rings. The molecule has 0 heterocycles. The number of aliphatic hydroxyl groups excluding tert-OH is 1. The van der Waals surface area contributed by atoms with Gasteiger partial charge in [0.25, 0.3) is 5.91 Å². The topological polar surface area (TPSA) is 84.6 Å². The van der Waals surface area contributed by atoms with E-state index in [4.69, 9.17) is 10.8 Å². The number of carbonyl (C=O) groups excluding carboxylic acids is 1. The van der Waals surface area contributed by atoms with Crippen LogP contribution >= 0.6 is 0 Å². The van der Waals surface area contributed by atoms with Crippen LogP contribution in [0.1, 0.15) is 10.4 Å². The molecule has 70 valence electrons. The molecule has 0 saturated heterocycles. The second kappa shape index (κ2) is 4.56. The van der Waals surface area contributed by atoms with Crippen LogP contribution in [-0.2, 0) is 4.84 Å². The Labute approximate surface area is 75.1 Å². The minimum atomic E-state index is -1.51. The van der Waals surface area contributed by atoms with E-state index in [1.807, 2.05) is 5.48 Å². The van der Waals surface area contributed by atoms with Crippen LogP contribution in [0.4, 0.5) is 0 Å². The van der Waals surface area contributed by atoms with Crippen molar-refractivity contribution < 1.29 is 14.7 Å². The highest BCUT2D eigenvalue weighted by Gasteiger charge is 2.04. The third-order valence-electron chi connectivity index (χ3n) is 1.31. The van der Waals surface area contributed by atoms with Crippen molar-refractivity contribution in [2.75, 3.05) is 0 Å². The monoisotopic (exact) mass is 182 g/mol. The van der Waals surface area contributed by atoms with Crippen LogP contribution in [0.3, 0.4) is 0 Å². The standard InChI is InChI=1S/C8H10N2O3/c9-8(12)13-10-7(11)6-4-2-1-3-5-6/h1-5,8,12H,9H2,(H,10,11). The molecule has 1 unspecified atom stereocenters. The van der Waals surface area contributed by atoms with E-state index in [0.29, 0.717) is 5.56 Å². The summed E-state index contributed by atoms with van der Waals surface area (Å²) in [5.74, 6) is -0.454. The Balaban J connectivity index is 2.50. The normalized spacial score (nSPS) is 12.2. The van der Waals surface area contributed by atoms with Crippen LogP contribution in [0.5, 0.6) is 0 Å². The molecular weight excluding hydrogens is 172 g/mol. The van der Waals surface area contributed by atoms with Crippen molar-refractivity contribution in [2.24, 2.45) is 5.73 Å². The lowest BCUT2D eigenvalue weighted by Gasteiger charge is -2.06. The molecule has 0 aliphatic heterocycles. The Hall–Kier alpha value is -1.43. The van der Waals surface area contributed by atoms with Crippen molar-refractivity contribution in [1.82, 2.24) is 5.48 Å². The number of rotatable bonds is 3. The highest BCUT2D eigenvalue weighted by Crippen LogP contribution is 1.97. The second-order valence-electron chi connectivity index (χ2n) is 2.31. The molecule has 0 saturated carbocycles. The summed E-state index contributed by atoms with van der Waals surface area (Å²) in [4.78, 5) is 15.4. The van der Waals surface area contributed by atoms with Gasteiger partial charge in [0.1, 0.15) is 0 Å². The zero-order valence-electron chi connectivity index (χ0n) is 6.81. The maximum atomic E-state index is 11.1. The van der Waals surface area contributed by atoms with Crippen LogP contribution in [0.25, 0.3) is 0 Å². The molecule has 1 rings (SSSR count). The van der Waals surface area contributed by atoms with Gasteiger partial charge in [-0.05, 0) is 12.1 Å². The smallest absolute Gasteiger partial charge is 0.274 e. The number of amides is 1. The molecule has 0 aliphatic rings. The number of nitrogens with one attached hydrogen (secondary N) is 1. The first kappa shape index (κ1) is 9.66. The van der Waals surface area contributed by atoms with Crippen LogP contribution in [0.15, 0.2) is 30.3 Å². The average molecular weight is 182 g/mol. The van der Waals surface area contributed by atoms with E-state index in [9.17, 15) is 4.79 Å². The lowest BCUT2D eigenvalue weighted by atomic mass is 10.2. The summed E-state index contributed by atoms with van der Waals surface area (Å²) >= 11 is 0. The highest BCUT2D eigenvalue weighted by atomic mass is 16.7. The minimum Gasteiger partial charge on any atom is -0.354 e. The molecule has 13 heavy (non-hydrogen) atoms. The maximum Gasteiger partial charge on any atom is 0.274 e. The number of benzene rings is 1. The zero-order valence-corrected chi connectivity index (χ0v) is 6.81. The number of hydrogen-bond donors (Lipinski definition) is 3. The first-order valence-electron chi connectivity index (χ1n) is 3.65. The quantitative estimate of drug-likeness (QED) is 0.438. The first-order chi connectivity index (χ1) is 6.20. The summed E-state index contributed by atoms with van der Waals surface area (Å²) in [5, 5.41) is 8.49. The van der Waals surface area contributed by atoms with Gasteiger partial charge in [0.2, 0.25) is 6.41 Å². The van der Waals surface area contributed by atoms with E-state index >= 15 is 0 Å². The lowest BCUT2D eigenvalue weighted by Crippen LogP contribution is -2.34. The molecule has 0 aliphatic carbocycles. The van der Waals surface area contributed by atoms with E-state index in [1.165, 1.54) is 0 Å². The second-order valence-corrected chi connectivity index (χ2v) is 2.31. The van der Waals surface area contributed by atoms with Crippen molar-refractivity contribution >= 4 is 5.91 Å². The SMILES string of the molecule is NC(O)ONC(=O)c1ccccc1. The Morgan fingerprint density at radius 1 is 1.46 bits per heavy atom. The summed E-state index contributed by atoms with van der Waals surface area (Å²) in [7, 11) is 0. The number of carbonyl (C=O) groups is 1. The number of hydroxylamine groups is 1. The lowest BCUT2D eigenvalue weighted by molar-refractivity contribution is -0.129. The fourth-order valence-corrected chi connectivity index (χ4v) is 0.762. The Morgan fingerprint density at radius 3 is 2.62 bits per heavy atom. The largest absolute Gasteiger partial charge is 0.354 e. The van der Waals surface area contributed by atoms with Gasteiger partial charge in [-0.15, -0.1) is 0 Å². The Morgan fingerprint density at radius 2 is 2.08 bits per heavy atom. The van der Waals surface area contributed by atoms with Crippen LogP contribution in [0, 0.1) is 0 Å². The fraction of sp³-hybridized carbons (Fsp3) is 0.125. The van der Waals surface area contributed by atoms with Crippen molar-refractivity contribution in [3.8, 4) is 0 Å². The maximum absolute atomic E-state index is 11.1. The van der Waals surface area contributed by atoms with Gasteiger partial charge in [0.05, 0.1) is 0 Å². The van der Waals surface area contributed by atoms with Gasteiger partial charge in [0.15, 0.2) is 0 Å². The molecule has 0 aromatic heterocycles. The third-order valence-corrected chi connectivity index (χ3v) is 1.31. The molecule has 1 atom stereocenters. The summed E-state index contributed by atoms with van der Waals surface area (Å²) in [6.45, 7) is 0. The number of hydrogen-bond acceptors (Lipinski definition) is 4. The van der Waals surface area contributed by atoms with Gasteiger partial charge in [0, 0.05) is 5.56 Å². The van der Waals surface area contributed by atoms with Gasteiger partial charge < -0.3 is 5.11 Å². The van der Waals surface area contributed by atoms with Crippen LogP contribution in [-0.4, -0.2) is 17.4 Å². The highest BCUT2D eigenvalue weighted by molar-refractivity contribution is 5.93. The number of nitrogens with two attached hydrogens (primary N) is 1. The first-order valence-corrected chi connectivity index (χ1v) is 3.65. The van der Waals surface area contributed by atoms with Crippen LogP contribution in [0.2, 0.25) is 0 Å². The molecule has 4 N–H and O–H groups in total. The summed E-state index contributed by atoms with van der Waals surface area (Å²) in [6, 6.07) is 8.44. The third kappa shape index (κ3) is 3.20. The van der Waals surface area contributed by atoms with E-state index in [-0.39, 0.29) is 0 Å². The molecule has 1 aromatic carbocycles. The average Bonchev–Trinajstić information content (AvgIpc) is 2.15. The van der Waals surface area contributed by atoms with Gasteiger partial charge in [-0.2, -0.15) is 0 Å². The predicted molar refractivity (Wildman–Crippen MR) is 45.2 cm³/mol. The molecule has 0 radical (unpaired) electrons. The van der Waals surface area contributed by atoms with E-state index in [0.717, 1.165) is 0 Å². The summed E-state index contributed by atoms with van der Waals surface area (Å²) in [5.41, 5.74) is 7.26. The van der Waals surface area contributed by atoms with Gasteiger partial charge in [-0.1, -0.05) is 18.2 Å². The van der Waals surface area contributed by atoms with Gasteiger partial charge >= 0.3 is 0 Å². The van der Waals surface area contributed by atoms with E-state index in [1.54, 1.807) is 30.3 Å². The Bertz CT molecular complexity index is 274. The van der Waals surface area contributed by atoms with E-state index in [2.05, 4.69) is 4.84 Å². The zero-order chi connectivity index (χ0) is 9.68. The molecule has 1 amide bonds. The summed E-state index contributed by atoms with van der Waals surface area (Å²) < 4.78 is 0. The van der Waals surface area contributed by atoms with Crippen molar-refractivity contribution in [2.45, 2.75) is 6.41 Å². The van der Waals surface area contributed by atoms with Gasteiger partial charge in [-0.3, -0.25) is 10.5 Å².